The minimum Gasteiger partial charge on any atom is -0.497 e. The molecule has 0 saturated carbocycles. The van der Waals surface area contributed by atoms with Crippen LogP contribution in [0.1, 0.15) is 15.9 Å². The van der Waals surface area contributed by atoms with Crippen LogP contribution in [0.15, 0.2) is 108 Å². The molecule has 3 aromatic carbocycles. The number of carbonyl (C=O) groups is 1. The predicted octanol–water partition coefficient (Wildman–Crippen LogP) is 6.04. The first-order chi connectivity index (χ1) is 15.8. The normalized spacial score (nSPS) is 10.8. The molecule has 0 radical (unpaired) electrons. The number of ketones is 1. The zero-order valence-electron chi connectivity index (χ0n) is 17.4. The third-order valence-electron chi connectivity index (χ3n) is 5.27. The Morgan fingerprint density at radius 1 is 0.812 bits per heavy atom. The highest BCUT2D eigenvalue weighted by atomic mass is 16.5. The highest BCUT2D eigenvalue weighted by Crippen LogP contribution is 2.41. The molecule has 5 aromatic rings. The molecule has 0 unspecified atom stereocenters. The van der Waals surface area contributed by atoms with Crippen LogP contribution in [-0.4, -0.2) is 22.7 Å². The number of hydrogen-bond donors (Lipinski definition) is 0. The summed E-state index contributed by atoms with van der Waals surface area (Å²) >= 11 is 0. The SMILES string of the molecule is COc1ccc(-c2oc(-c3ccccc3)c(C(=O)c3ccccc3)c2-n2cccn2)cc1. The van der Waals surface area contributed by atoms with E-state index >= 15 is 0 Å². The van der Waals surface area contributed by atoms with Gasteiger partial charge in [-0.1, -0.05) is 60.7 Å². The first-order valence-corrected chi connectivity index (χ1v) is 10.2. The van der Waals surface area contributed by atoms with E-state index in [1.54, 1.807) is 18.0 Å². The second-order valence-electron chi connectivity index (χ2n) is 7.22. The van der Waals surface area contributed by atoms with Gasteiger partial charge in [-0.2, -0.15) is 5.10 Å². The molecule has 0 fully saturated rings. The molecule has 0 amide bonds. The number of nitrogens with zero attached hydrogens (tertiary/aromatic N) is 2. The lowest BCUT2D eigenvalue weighted by Gasteiger charge is -2.08. The number of furan rings is 1. The van der Waals surface area contributed by atoms with E-state index in [4.69, 9.17) is 9.15 Å². The summed E-state index contributed by atoms with van der Waals surface area (Å²) < 4.78 is 13.4. The van der Waals surface area contributed by atoms with Crippen LogP contribution >= 0.6 is 0 Å². The second-order valence-corrected chi connectivity index (χ2v) is 7.22. The van der Waals surface area contributed by atoms with Gasteiger partial charge in [-0.15, -0.1) is 0 Å². The summed E-state index contributed by atoms with van der Waals surface area (Å²) in [6.45, 7) is 0. The van der Waals surface area contributed by atoms with E-state index in [0.29, 0.717) is 28.3 Å². The van der Waals surface area contributed by atoms with Crippen molar-refractivity contribution >= 4 is 5.78 Å². The maximum atomic E-state index is 13.8. The zero-order chi connectivity index (χ0) is 21.9. The fourth-order valence-corrected chi connectivity index (χ4v) is 3.72. The summed E-state index contributed by atoms with van der Waals surface area (Å²) in [7, 11) is 1.63. The molecule has 156 valence electrons. The zero-order valence-corrected chi connectivity index (χ0v) is 17.4. The van der Waals surface area contributed by atoms with E-state index in [1.807, 2.05) is 97.2 Å². The minimum atomic E-state index is -0.126. The Bertz CT molecular complexity index is 1340. The van der Waals surface area contributed by atoms with Gasteiger partial charge in [0.05, 0.1) is 12.7 Å². The van der Waals surface area contributed by atoms with Crippen LogP contribution in [0.3, 0.4) is 0 Å². The molecule has 0 bridgehead atoms. The quantitative estimate of drug-likeness (QED) is 0.314. The molecule has 5 heteroatoms. The third-order valence-corrected chi connectivity index (χ3v) is 5.27. The Balaban J connectivity index is 1.81. The number of rotatable bonds is 6. The van der Waals surface area contributed by atoms with Gasteiger partial charge in [-0.3, -0.25) is 4.79 Å². The van der Waals surface area contributed by atoms with Gasteiger partial charge < -0.3 is 9.15 Å². The number of hydrogen-bond acceptors (Lipinski definition) is 4. The van der Waals surface area contributed by atoms with Gasteiger partial charge in [0.1, 0.15) is 17.2 Å². The van der Waals surface area contributed by atoms with Gasteiger partial charge in [0.25, 0.3) is 0 Å². The molecule has 0 aliphatic carbocycles. The predicted molar refractivity (Wildman–Crippen MR) is 123 cm³/mol. The molecular weight excluding hydrogens is 400 g/mol. The summed E-state index contributed by atoms with van der Waals surface area (Å²) in [6, 6.07) is 28.3. The summed E-state index contributed by atoms with van der Waals surface area (Å²) in [4.78, 5) is 13.8. The highest BCUT2D eigenvalue weighted by molar-refractivity contribution is 6.15. The molecule has 0 atom stereocenters. The van der Waals surface area contributed by atoms with Crippen LogP contribution in [0.25, 0.3) is 28.3 Å². The highest BCUT2D eigenvalue weighted by Gasteiger charge is 2.29. The Kier molecular flexibility index (Phi) is 5.14. The van der Waals surface area contributed by atoms with Gasteiger partial charge in [0.15, 0.2) is 11.5 Å². The smallest absolute Gasteiger partial charge is 0.199 e. The van der Waals surface area contributed by atoms with Gasteiger partial charge in [-0.05, 0) is 30.3 Å². The van der Waals surface area contributed by atoms with E-state index < -0.39 is 0 Å². The van der Waals surface area contributed by atoms with Crippen LogP contribution < -0.4 is 4.74 Å². The number of ether oxygens (including phenoxy) is 1. The Morgan fingerprint density at radius 2 is 1.47 bits per heavy atom. The molecule has 0 spiro atoms. The maximum Gasteiger partial charge on any atom is 0.199 e. The Labute approximate surface area is 185 Å². The van der Waals surface area contributed by atoms with E-state index in [9.17, 15) is 4.79 Å². The second kappa shape index (κ2) is 8.40. The summed E-state index contributed by atoms with van der Waals surface area (Å²) in [5.41, 5.74) is 3.30. The van der Waals surface area contributed by atoms with Gasteiger partial charge in [0.2, 0.25) is 0 Å². The fraction of sp³-hybridized carbons (Fsp3) is 0.0370. The van der Waals surface area contributed by atoms with Crippen molar-refractivity contribution in [2.24, 2.45) is 0 Å². The lowest BCUT2D eigenvalue weighted by Crippen LogP contribution is -2.07. The van der Waals surface area contributed by atoms with E-state index in [1.165, 1.54) is 0 Å². The van der Waals surface area contributed by atoms with Crippen molar-refractivity contribution in [1.29, 1.82) is 0 Å². The van der Waals surface area contributed by atoms with Crippen LogP contribution in [-0.2, 0) is 0 Å². The molecule has 0 aliphatic heterocycles. The van der Waals surface area contributed by atoms with Crippen molar-refractivity contribution in [1.82, 2.24) is 9.78 Å². The first kappa shape index (κ1) is 19.6. The summed E-state index contributed by atoms with van der Waals surface area (Å²) in [6.07, 6.45) is 3.50. The molecule has 5 nitrogen and oxygen atoms in total. The monoisotopic (exact) mass is 420 g/mol. The third kappa shape index (κ3) is 3.50. The van der Waals surface area contributed by atoms with Gasteiger partial charge >= 0.3 is 0 Å². The van der Waals surface area contributed by atoms with E-state index in [-0.39, 0.29) is 5.78 Å². The average molecular weight is 420 g/mol. The number of benzene rings is 3. The van der Waals surface area contributed by atoms with Crippen molar-refractivity contribution in [2.75, 3.05) is 7.11 Å². The molecule has 32 heavy (non-hydrogen) atoms. The first-order valence-electron chi connectivity index (χ1n) is 10.2. The van der Waals surface area contributed by atoms with Gasteiger partial charge in [-0.25, -0.2) is 4.68 Å². The standard InChI is InChI=1S/C27H20N2O3/c1-31-22-15-13-21(14-16-22)27-24(29-18-8-17-28-29)23(25(30)19-9-4-2-5-10-19)26(32-27)20-11-6-3-7-12-20/h2-18H,1H3. The minimum absolute atomic E-state index is 0.126. The molecule has 0 saturated heterocycles. The molecular formula is C27H20N2O3. The van der Waals surface area contributed by atoms with Crippen LogP contribution in [0.2, 0.25) is 0 Å². The van der Waals surface area contributed by atoms with Crippen molar-refractivity contribution < 1.29 is 13.9 Å². The number of aromatic nitrogens is 2. The van der Waals surface area contributed by atoms with E-state index in [0.717, 1.165) is 16.9 Å². The lowest BCUT2D eigenvalue weighted by molar-refractivity contribution is 0.103. The van der Waals surface area contributed by atoms with Crippen molar-refractivity contribution in [3.05, 3.63) is 115 Å². The van der Waals surface area contributed by atoms with E-state index in [2.05, 4.69) is 5.10 Å². The Hall–Kier alpha value is -4.38. The average Bonchev–Trinajstić information content (AvgIpc) is 3.53. The summed E-state index contributed by atoms with van der Waals surface area (Å²) in [5.74, 6) is 1.69. The maximum absolute atomic E-state index is 13.8. The number of carbonyl (C=O) groups excluding carboxylic acids is 1. The van der Waals surface area contributed by atoms with Crippen LogP contribution in [0, 0.1) is 0 Å². The van der Waals surface area contributed by atoms with Gasteiger partial charge in [0, 0.05) is 29.1 Å². The van der Waals surface area contributed by atoms with Crippen LogP contribution in [0.4, 0.5) is 0 Å². The molecule has 2 aromatic heterocycles. The Morgan fingerprint density at radius 3 is 2.09 bits per heavy atom. The summed E-state index contributed by atoms with van der Waals surface area (Å²) in [5, 5.41) is 4.43. The molecule has 0 N–H and O–H groups in total. The van der Waals surface area contributed by atoms with Crippen molar-refractivity contribution in [3.63, 3.8) is 0 Å². The van der Waals surface area contributed by atoms with Crippen molar-refractivity contribution in [3.8, 4) is 34.1 Å². The lowest BCUT2D eigenvalue weighted by atomic mass is 9.98. The van der Waals surface area contributed by atoms with Crippen molar-refractivity contribution in [2.45, 2.75) is 0 Å². The largest absolute Gasteiger partial charge is 0.497 e. The molecule has 5 rings (SSSR count). The fourth-order valence-electron chi connectivity index (χ4n) is 3.72. The number of methoxy groups -OCH3 is 1. The molecule has 0 aliphatic rings. The topological polar surface area (TPSA) is 57.3 Å². The molecule has 2 heterocycles. The van der Waals surface area contributed by atoms with Crippen LogP contribution in [0.5, 0.6) is 5.75 Å².